The lowest BCUT2D eigenvalue weighted by Gasteiger charge is -2.04. The van der Waals surface area contributed by atoms with Gasteiger partial charge in [0.15, 0.2) is 0 Å². The summed E-state index contributed by atoms with van der Waals surface area (Å²) < 4.78 is 0. The predicted molar refractivity (Wildman–Crippen MR) is 59.6 cm³/mol. The Morgan fingerprint density at radius 1 is 1.20 bits per heavy atom. The minimum Gasteiger partial charge on any atom is -0.339 e. The van der Waals surface area contributed by atoms with E-state index in [-0.39, 0.29) is 0 Å². The van der Waals surface area contributed by atoms with Crippen molar-refractivity contribution in [3.63, 3.8) is 0 Å². The maximum absolute atomic E-state index is 5.48. The van der Waals surface area contributed by atoms with E-state index in [4.69, 9.17) is 5.73 Å². The van der Waals surface area contributed by atoms with E-state index in [1.54, 1.807) is 18.6 Å². The molecule has 0 bridgehead atoms. The Kier molecular flexibility index (Phi) is 2.90. The number of anilines is 2. The quantitative estimate of drug-likeness (QED) is 0.791. The molecule has 2 aromatic heterocycles. The molecule has 0 saturated heterocycles. The Balaban J connectivity index is 2.11. The highest BCUT2D eigenvalue weighted by Gasteiger charge is 1.95. The van der Waals surface area contributed by atoms with Crippen LogP contribution in [0.1, 0.15) is 5.56 Å². The van der Waals surface area contributed by atoms with E-state index in [1.807, 2.05) is 24.3 Å². The molecule has 76 valence electrons. The lowest BCUT2D eigenvalue weighted by atomic mass is 10.3. The van der Waals surface area contributed by atoms with Crippen molar-refractivity contribution in [1.29, 1.82) is 0 Å². The van der Waals surface area contributed by atoms with E-state index in [9.17, 15) is 0 Å². The van der Waals surface area contributed by atoms with Crippen LogP contribution in [0.2, 0.25) is 0 Å². The molecule has 0 spiro atoms. The van der Waals surface area contributed by atoms with Crippen molar-refractivity contribution in [3.8, 4) is 0 Å². The Hall–Kier alpha value is -1.94. The van der Waals surface area contributed by atoms with Crippen molar-refractivity contribution in [2.75, 3.05) is 5.32 Å². The van der Waals surface area contributed by atoms with Gasteiger partial charge in [0.05, 0.1) is 11.9 Å². The average molecular weight is 200 g/mol. The van der Waals surface area contributed by atoms with E-state index in [0.29, 0.717) is 6.54 Å². The third-order valence-corrected chi connectivity index (χ3v) is 1.99. The van der Waals surface area contributed by atoms with Gasteiger partial charge in [-0.2, -0.15) is 0 Å². The van der Waals surface area contributed by atoms with Crippen molar-refractivity contribution in [1.82, 2.24) is 9.97 Å². The first kappa shape index (κ1) is 9.61. The summed E-state index contributed by atoms with van der Waals surface area (Å²) in [6.45, 7) is 0.514. The minimum absolute atomic E-state index is 0.514. The van der Waals surface area contributed by atoms with Crippen molar-refractivity contribution < 1.29 is 0 Å². The van der Waals surface area contributed by atoms with Crippen molar-refractivity contribution in [2.45, 2.75) is 6.54 Å². The summed E-state index contributed by atoms with van der Waals surface area (Å²) in [6, 6.07) is 7.66. The van der Waals surface area contributed by atoms with Gasteiger partial charge >= 0.3 is 0 Å². The molecule has 0 aliphatic rings. The van der Waals surface area contributed by atoms with Crippen LogP contribution in [-0.4, -0.2) is 9.97 Å². The average Bonchev–Trinajstić information content (AvgIpc) is 2.31. The Morgan fingerprint density at radius 3 is 2.73 bits per heavy atom. The van der Waals surface area contributed by atoms with Crippen LogP contribution in [-0.2, 0) is 6.54 Å². The van der Waals surface area contributed by atoms with Crippen LogP contribution >= 0.6 is 0 Å². The molecule has 0 radical (unpaired) electrons. The summed E-state index contributed by atoms with van der Waals surface area (Å²) in [7, 11) is 0. The van der Waals surface area contributed by atoms with Crippen LogP contribution in [0.4, 0.5) is 11.5 Å². The topological polar surface area (TPSA) is 63.8 Å². The van der Waals surface area contributed by atoms with E-state index in [1.165, 1.54) is 0 Å². The Morgan fingerprint density at radius 2 is 2.13 bits per heavy atom. The second-order valence-corrected chi connectivity index (χ2v) is 3.12. The molecule has 2 aromatic rings. The highest BCUT2D eigenvalue weighted by Crippen LogP contribution is 2.12. The first-order chi connectivity index (χ1) is 7.38. The number of hydrogen-bond donors (Lipinski definition) is 2. The molecule has 0 aliphatic heterocycles. The van der Waals surface area contributed by atoms with Crippen LogP contribution in [0, 0.1) is 0 Å². The first-order valence-electron chi connectivity index (χ1n) is 4.70. The molecule has 3 N–H and O–H groups in total. The summed E-state index contributed by atoms with van der Waals surface area (Å²) in [5, 5.41) is 3.14. The molecule has 0 amide bonds. The minimum atomic E-state index is 0.514. The fourth-order valence-corrected chi connectivity index (χ4v) is 1.20. The molecule has 0 atom stereocenters. The van der Waals surface area contributed by atoms with Gasteiger partial charge in [0.1, 0.15) is 5.82 Å². The summed E-state index contributed by atoms with van der Waals surface area (Å²) in [5.41, 5.74) is 7.42. The lowest BCUT2D eigenvalue weighted by Crippen LogP contribution is -1.98. The van der Waals surface area contributed by atoms with Crippen molar-refractivity contribution >= 4 is 11.5 Å². The molecule has 0 aliphatic carbocycles. The molecule has 0 fully saturated rings. The first-order valence-corrected chi connectivity index (χ1v) is 4.70. The molecular weight excluding hydrogens is 188 g/mol. The monoisotopic (exact) mass is 200 g/mol. The standard InChI is InChI=1S/C11H12N4/c12-6-9-3-4-11(14-7-9)15-10-2-1-5-13-8-10/h1-5,7-8H,6,12H2,(H,14,15). The van der Waals surface area contributed by atoms with Gasteiger partial charge in [-0.1, -0.05) is 6.07 Å². The molecule has 2 heterocycles. The number of nitrogens with zero attached hydrogens (tertiary/aromatic N) is 2. The van der Waals surface area contributed by atoms with Crippen molar-refractivity contribution in [3.05, 3.63) is 48.4 Å². The second-order valence-electron chi connectivity index (χ2n) is 3.12. The van der Waals surface area contributed by atoms with E-state index in [2.05, 4.69) is 15.3 Å². The van der Waals surface area contributed by atoms with Gasteiger partial charge in [0.2, 0.25) is 0 Å². The third kappa shape index (κ3) is 2.51. The van der Waals surface area contributed by atoms with Gasteiger partial charge < -0.3 is 11.1 Å². The lowest BCUT2D eigenvalue weighted by molar-refractivity contribution is 1.05. The van der Waals surface area contributed by atoms with Crippen LogP contribution < -0.4 is 11.1 Å². The van der Waals surface area contributed by atoms with Crippen LogP contribution in [0.25, 0.3) is 0 Å². The number of nitrogens with one attached hydrogen (secondary N) is 1. The van der Waals surface area contributed by atoms with E-state index in [0.717, 1.165) is 17.1 Å². The van der Waals surface area contributed by atoms with Gasteiger partial charge in [0.25, 0.3) is 0 Å². The normalized spacial score (nSPS) is 9.93. The van der Waals surface area contributed by atoms with E-state index >= 15 is 0 Å². The van der Waals surface area contributed by atoms with Crippen LogP contribution in [0.3, 0.4) is 0 Å². The highest BCUT2D eigenvalue weighted by molar-refractivity contribution is 5.54. The largest absolute Gasteiger partial charge is 0.339 e. The zero-order chi connectivity index (χ0) is 10.5. The fraction of sp³-hybridized carbons (Fsp3) is 0.0909. The number of rotatable bonds is 3. The fourth-order valence-electron chi connectivity index (χ4n) is 1.20. The Bertz CT molecular complexity index is 410. The van der Waals surface area contributed by atoms with Gasteiger partial charge in [-0.15, -0.1) is 0 Å². The number of pyridine rings is 2. The summed E-state index contributed by atoms with van der Waals surface area (Å²) in [5.74, 6) is 0.792. The molecule has 4 nitrogen and oxygen atoms in total. The maximum atomic E-state index is 5.48. The van der Waals surface area contributed by atoms with E-state index < -0.39 is 0 Å². The summed E-state index contributed by atoms with van der Waals surface area (Å²) >= 11 is 0. The van der Waals surface area contributed by atoms with Gasteiger partial charge in [-0.3, -0.25) is 4.98 Å². The van der Waals surface area contributed by atoms with Gasteiger partial charge in [-0.25, -0.2) is 4.98 Å². The summed E-state index contributed by atoms with van der Waals surface area (Å²) in [4.78, 5) is 8.23. The molecular formula is C11H12N4. The number of aromatic nitrogens is 2. The maximum Gasteiger partial charge on any atom is 0.130 e. The molecule has 0 unspecified atom stereocenters. The summed E-state index contributed by atoms with van der Waals surface area (Å²) in [6.07, 6.45) is 5.24. The molecule has 15 heavy (non-hydrogen) atoms. The molecule has 0 aromatic carbocycles. The SMILES string of the molecule is NCc1ccc(Nc2cccnc2)nc1. The molecule has 0 saturated carbocycles. The Labute approximate surface area is 88.2 Å². The van der Waals surface area contributed by atoms with Crippen LogP contribution in [0.5, 0.6) is 0 Å². The molecule has 2 rings (SSSR count). The highest BCUT2D eigenvalue weighted by atomic mass is 15.0. The number of nitrogens with two attached hydrogens (primary N) is 1. The van der Waals surface area contributed by atoms with Gasteiger partial charge in [0, 0.05) is 18.9 Å². The van der Waals surface area contributed by atoms with Gasteiger partial charge in [-0.05, 0) is 23.8 Å². The van der Waals surface area contributed by atoms with Crippen LogP contribution in [0.15, 0.2) is 42.9 Å². The predicted octanol–water partition coefficient (Wildman–Crippen LogP) is 1.68. The smallest absolute Gasteiger partial charge is 0.130 e. The number of hydrogen-bond acceptors (Lipinski definition) is 4. The zero-order valence-corrected chi connectivity index (χ0v) is 8.22. The second kappa shape index (κ2) is 4.52. The third-order valence-electron chi connectivity index (χ3n) is 1.99. The zero-order valence-electron chi connectivity index (χ0n) is 8.22. The van der Waals surface area contributed by atoms with Crippen molar-refractivity contribution in [2.24, 2.45) is 5.73 Å². The molecule has 4 heteroatoms.